The van der Waals surface area contributed by atoms with Gasteiger partial charge in [-0.15, -0.1) is 0 Å². The molecule has 0 atom stereocenters. The molecule has 0 bridgehead atoms. The lowest BCUT2D eigenvalue weighted by molar-refractivity contribution is 0.463. The van der Waals surface area contributed by atoms with Gasteiger partial charge in [-0.05, 0) is 5.56 Å². The summed E-state index contributed by atoms with van der Waals surface area (Å²) in [5.41, 5.74) is 1.35. The van der Waals surface area contributed by atoms with Gasteiger partial charge >= 0.3 is 0 Å². The van der Waals surface area contributed by atoms with Crippen molar-refractivity contribution in [3.63, 3.8) is 0 Å². The van der Waals surface area contributed by atoms with Gasteiger partial charge in [0.05, 0.1) is 12.9 Å². The maximum absolute atomic E-state index is 4.16. The van der Waals surface area contributed by atoms with Crippen LogP contribution in [0.1, 0.15) is 33.3 Å². The molecular formula is C14H24N2. The van der Waals surface area contributed by atoms with E-state index in [1.807, 2.05) is 40.1 Å². The van der Waals surface area contributed by atoms with Gasteiger partial charge in [0.25, 0.3) is 0 Å². The van der Waals surface area contributed by atoms with Gasteiger partial charge in [0.2, 0.25) is 0 Å². The Bertz CT molecular complexity index is 267. The molecule has 1 aromatic carbocycles. The third kappa shape index (κ3) is 5.54. The highest BCUT2D eigenvalue weighted by Gasteiger charge is 2.04. The van der Waals surface area contributed by atoms with E-state index in [1.54, 1.807) is 0 Å². The summed E-state index contributed by atoms with van der Waals surface area (Å²) >= 11 is 0. The first-order chi connectivity index (χ1) is 7.95. The van der Waals surface area contributed by atoms with Crippen molar-refractivity contribution in [2.45, 2.75) is 34.2 Å². The molecule has 90 valence electrons. The first kappa shape index (κ1) is 14.7. The van der Waals surface area contributed by atoms with Crippen LogP contribution in [0.4, 0.5) is 0 Å². The quantitative estimate of drug-likeness (QED) is 0.743. The van der Waals surface area contributed by atoms with Gasteiger partial charge in [-0.3, -0.25) is 4.99 Å². The van der Waals surface area contributed by atoms with Crippen LogP contribution in [0.25, 0.3) is 0 Å². The molecule has 0 amide bonds. The molecule has 16 heavy (non-hydrogen) atoms. The van der Waals surface area contributed by atoms with E-state index >= 15 is 0 Å². The Kier molecular flexibility index (Phi) is 9.38. The van der Waals surface area contributed by atoms with Crippen LogP contribution in [0.2, 0.25) is 0 Å². The number of nitrogens with zero attached hydrogens (tertiary/aromatic N) is 2. The Labute approximate surface area is 100 Å². The molecule has 0 saturated carbocycles. The molecule has 0 fully saturated rings. The SMILES string of the molecule is C1=NCCN1Cc1ccccc1.CC.CC. The number of hydrogen-bond donors (Lipinski definition) is 0. The van der Waals surface area contributed by atoms with Gasteiger partial charge in [0.1, 0.15) is 0 Å². The molecule has 2 heteroatoms. The van der Waals surface area contributed by atoms with E-state index < -0.39 is 0 Å². The average molecular weight is 220 g/mol. The van der Waals surface area contributed by atoms with E-state index in [-0.39, 0.29) is 0 Å². The lowest BCUT2D eigenvalue weighted by Gasteiger charge is -2.12. The first-order valence-corrected chi connectivity index (χ1v) is 6.23. The second-order valence-electron chi connectivity index (χ2n) is 2.98. The second kappa shape index (κ2) is 10.2. The van der Waals surface area contributed by atoms with Crippen LogP contribution in [0, 0.1) is 0 Å². The third-order valence-corrected chi connectivity index (χ3v) is 1.99. The fourth-order valence-corrected chi connectivity index (χ4v) is 1.35. The standard InChI is InChI=1S/C10H12N2.2C2H6/c1-2-4-10(5-3-1)8-12-7-6-11-9-12;2*1-2/h1-5,9H,6-8H2;2*1-2H3. The van der Waals surface area contributed by atoms with Crippen LogP contribution < -0.4 is 0 Å². The summed E-state index contributed by atoms with van der Waals surface area (Å²) in [5, 5.41) is 0. The lowest BCUT2D eigenvalue weighted by atomic mass is 10.2. The van der Waals surface area contributed by atoms with E-state index in [2.05, 4.69) is 34.2 Å². The summed E-state index contributed by atoms with van der Waals surface area (Å²) in [4.78, 5) is 6.39. The highest BCUT2D eigenvalue weighted by molar-refractivity contribution is 5.57. The monoisotopic (exact) mass is 220 g/mol. The maximum Gasteiger partial charge on any atom is 0.0854 e. The fourth-order valence-electron chi connectivity index (χ4n) is 1.35. The molecule has 1 heterocycles. The predicted molar refractivity (Wildman–Crippen MR) is 72.9 cm³/mol. The molecule has 1 aliphatic rings. The largest absolute Gasteiger partial charge is 0.357 e. The number of hydrogen-bond acceptors (Lipinski definition) is 2. The van der Waals surface area contributed by atoms with Crippen molar-refractivity contribution in [1.29, 1.82) is 0 Å². The van der Waals surface area contributed by atoms with Crippen LogP contribution in [0.5, 0.6) is 0 Å². The van der Waals surface area contributed by atoms with Crippen LogP contribution in [-0.4, -0.2) is 24.3 Å². The molecule has 2 nitrogen and oxygen atoms in total. The van der Waals surface area contributed by atoms with Crippen LogP contribution in [0.15, 0.2) is 35.3 Å². The minimum atomic E-state index is 0.951. The van der Waals surface area contributed by atoms with E-state index in [9.17, 15) is 0 Å². The molecule has 0 spiro atoms. The molecular weight excluding hydrogens is 196 g/mol. The maximum atomic E-state index is 4.16. The number of aliphatic imine (C=N–C) groups is 1. The summed E-state index contributed by atoms with van der Waals surface area (Å²) in [5.74, 6) is 0. The van der Waals surface area contributed by atoms with E-state index in [1.165, 1.54) is 5.56 Å². The Morgan fingerprint density at radius 1 is 1.06 bits per heavy atom. The zero-order valence-corrected chi connectivity index (χ0v) is 11.0. The van der Waals surface area contributed by atoms with Crippen molar-refractivity contribution < 1.29 is 0 Å². The second-order valence-corrected chi connectivity index (χ2v) is 2.98. The first-order valence-electron chi connectivity index (χ1n) is 6.23. The van der Waals surface area contributed by atoms with Crippen LogP contribution in [0.3, 0.4) is 0 Å². The van der Waals surface area contributed by atoms with Crippen molar-refractivity contribution in [3.8, 4) is 0 Å². The Morgan fingerprint density at radius 2 is 1.69 bits per heavy atom. The van der Waals surface area contributed by atoms with Gasteiger partial charge in [0, 0.05) is 13.1 Å². The smallest absolute Gasteiger partial charge is 0.0854 e. The summed E-state index contributed by atoms with van der Waals surface area (Å²) in [6.07, 6.45) is 1.94. The van der Waals surface area contributed by atoms with Crippen molar-refractivity contribution in [1.82, 2.24) is 4.90 Å². The summed E-state index contributed by atoms with van der Waals surface area (Å²) in [7, 11) is 0. The molecule has 1 aromatic rings. The van der Waals surface area contributed by atoms with Gasteiger partial charge in [-0.1, -0.05) is 58.0 Å². The highest BCUT2D eigenvalue weighted by atomic mass is 15.2. The molecule has 1 aliphatic heterocycles. The van der Waals surface area contributed by atoms with Crippen molar-refractivity contribution in [2.75, 3.05) is 13.1 Å². The van der Waals surface area contributed by atoms with Crippen molar-refractivity contribution in [2.24, 2.45) is 4.99 Å². The summed E-state index contributed by atoms with van der Waals surface area (Å²) in [6, 6.07) is 10.5. The minimum absolute atomic E-state index is 0.951. The van der Waals surface area contributed by atoms with Crippen LogP contribution in [-0.2, 0) is 6.54 Å². The normalized spacial score (nSPS) is 12.4. The van der Waals surface area contributed by atoms with Crippen molar-refractivity contribution >= 4 is 6.34 Å². The fraction of sp³-hybridized carbons (Fsp3) is 0.500. The molecule has 0 aromatic heterocycles. The Morgan fingerprint density at radius 3 is 2.19 bits per heavy atom. The average Bonchev–Trinajstić information content (AvgIpc) is 2.88. The molecule has 0 aliphatic carbocycles. The molecule has 0 N–H and O–H groups in total. The van der Waals surface area contributed by atoms with E-state index in [0.29, 0.717) is 0 Å². The zero-order chi connectivity index (χ0) is 12.2. The van der Waals surface area contributed by atoms with E-state index in [0.717, 1.165) is 19.6 Å². The van der Waals surface area contributed by atoms with Gasteiger partial charge in [-0.2, -0.15) is 0 Å². The third-order valence-electron chi connectivity index (χ3n) is 1.99. The van der Waals surface area contributed by atoms with Gasteiger partial charge < -0.3 is 4.90 Å². The molecule has 0 radical (unpaired) electrons. The predicted octanol–water partition coefficient (Wildman–Crippen LogP) is 3.58. The Hall–Kier alpha value is -1.31. The summed E-state index contributed by atoms with van der Waals surface area (Å²) in [6.45, 7) is 11.0. The number of benzene rings is 1. The molecule has 2 rings (SSSR count). The molecule has 0 saturated heterocycles. The molecule has 0 unspecified atom stereocenters. The highest BCUT2D eigenvalue weighted by Crippen LogP contribution is 2.04. The summed E-state index contributed by atoms with van der Waals surface area (Å²) < 4.78 is 0. The van der Waals surface area contributed by atoms with E-state index in [4.69, 9.17) is 0 Å². The van der Waals surface area contributed by atoms with Crippen LogP contribution >= 0.6 is 0 Å². The van der Waals surface area contributed by atoms with Gasteiger partial charge in [0.15, 0.2) is 0 Å². The van der Waals surface area contributed by atoms with Gasteiger partial charge in [-0.25, -0.2) is 0 Å². The van der Waals surface area contributed by atoms with Crippen molar-refractivity contribution in [3.05, 3.63) is 35.9 Å². The topological polar surface area (TPSA) is 15.6 Å². The zero-order valence-electron chi connectivity index (χ0n) is 11.0. The lowest BCUT2D eigenvalue weighted by Crippen LogP contribution is -2.18. The Balaban J connectivity index is 0.000000509. The minimum Gasteiger partial charge on any atom is -0.357 e. The number of rotatable bonds is 2.